The normalized spacial score (nSPS) is 22.8. The van der Waals surface area contributed by atoms with Crippen molar-refractivity contribution in [2.45, 2.75) is 30.9 Å². The zero-order chi connectivity index (χ0) is 16.3. The van der Waals surface area contributed by atoms with Crippen LogP contribution in [-0.4, -0.2) is 55.6 Å². The molecule has 0 bridgehead atoms. The van der Waals surface area contributed by atoms with Gasteiger partial charge in [0.25, 0.3) is 0 Å². The Bertz CT molecular complexity index is 1020. The Hall–Kier alpha value is -2.00. The summed E-state index contributed by atoms with van der Waals surface area (Å²) in [4.78, 5) is 7.41. The molecule has 2 fully saturated rings. The lowest BCUT2D eigenvalue weighted by molar-refractivity contribution is 0.452. The predicted octanol–water partition coefficient (Wildman–Crippen LogP) is 0.962. The fourth-order valence-electron chi connectivity index (χ4n) is 3.60. The lowest BCUT2D eigenvalue weighted by Gasteiger charge is -2.15. The molecule has 0 radical (unpaired) electrons. The number of aromatic nitrogens is 5. The molecule has 0 spiro atoms. The highest BCUT2D eigenvalue weighted by Gasteiger charge is 2.42. The van der Waals surface area contributed by atoms with E-state index in [0.717, 1.165) is 48.3 Å². The lowest BCUT2D eigenvalue weighted by Crippen LogP contribution is -2.32. The summed E-state index contributed by atoms with van der Waals surface area (Å²) in [5, 5.41) is 8.39. The van der Waals surface area contributed by atoms with Crippen molar-refractivity contribution < 1.29 is 8.42 Å². The van der Waals surface area contributed by atoms with Crippen LogP contribution in [0.5, 0.6) is 0 Å². The average Bonchev–Trinajstić information content (AvgIpc) is 2.97. The third kappa shape index (κ3) is 2.15. The third-order valence-electron chi connectivity index (χ3n) is 5.03. The molecule has 5 rings (SSSR count). The molecular formula is C15H18N6O2S. The van der Waals surface area contributed by atoms with Gasteiger partial charge in [-0.3, -0.25) is 4.40 Å². The van der Waals surface area contributed by atoms with Crippen LogP contribution >= 0.6 is 0 Å². The van der Waals surface area contributed by atoms with Crippen molar-refractivity contribution in [1.82, 2.24) is 28.9 Å². The second-order valence-electron chi connectivity index (χ2n) is 6.74. The van der Waals surface area contributed by atoms with Gasteiger partial charge in [-0.15, -0.1) is 10.2 Å². The van der Waals surface area contributed by atoms with Crippen LogP contribution in [0.4, 0.5) is 0 Å². The Morgan fingerprint density at radius 1 is 1.25 bits per heavy atom. The van der Waals surface area contributed by atoms with E-state index in [4.69, 9.17) is 0 Å². The molecule has 1 atom stereocenters. The lowest BCUT2D eigenvalue weighted by atomic mass is 10.0. The summed E-state index contributed by atoms with van der Waals surface area (Å²) in [6.07, 6.45) is 6.78. The highest BCUT2D eigenvalue weighted by atomic mass is 32.2. The van der Waals surface area contributed by atoms with Crippen LogP contribution in [0.1, 0.15) is 25.1 Å². The molecular weight excluding hydrogens is 328 g/mol. The molecule has 1 N–H and O–H groups in total. The van der Waals surface area contributed by atoms with E-state index in [1.807, 2.05) is 16.7 Å². The molecule has 1 saturated heterocycles. The Labute approximate surface area is 138 Å². The van der Waals surface area contributed by atoms with Gasteiger partial charge in [-0.1, -0.05) is 0 Å². The van der Waals surface area contributed by atoms with Gasteiger partial charge >= 0.3 is 0 Å². The first-order valence-corrected chi connectivity index (χ1v) is 9.78. The summed E-state index contributed by atoms with van der Waals surface area (Å²) in [5.41, 5.74) is 2.47. The molecule has 8 nitrogen and oxygen atoms in total. The van der Waals surface area contributed by atoms with Crippen molar-refractivity contribution >= 4 is 26.8 Å². The van der Waals surface area contributed by atoms with Crippen molar-refractivity contribution in [1.29, 1.82) is 0 Å². The summed E-state index contributed by atoms with van der Waals surface area (Å²) in [6.45, 7) is 1.22. The van der Waals surface area contributed by atoms with Gasteiger partial charge in [0, 0.05) is 25.7 Å². The number of fused-ring (bicyclic) bond motifs is 3. The Balaban J connectivity index is 1.42. The van der Waals surface area contributed by atoms with E-state index in [-0.39, 0.29) is 11.2 Å². The smallest absolute Gasteiger partial charge is 0.216 e. The molecule has 0 amide bonds. The second-order valence-corrected chi connectivity index (χ2v) is 8.95. The van der Waals surface area contributed by atoms with Gasteiger partial charge in [-0.05, 0) is 31.2 Å². The van der Waals surface area contributed by atoms with Gasteiger partial charge in [0.2, 0.25) is 10.0 Å². The minimum Gasteiger partial charge on any atom is -0.345 e. The zero-order valence-corrected chi connectivity index (χ0v) is 13.9. The SMILES string of the molecule is O=S(=O)(C1CC1)N1CC[C@@H](Cc2nnc3cnc4[nH]ccc4n23)C1. The van der Waals surface area contributed by atoms with Crippen LogP contribution in [0, 0.1) is 5.92 Å². The maximum atomic E-state index is 12.4. The van der Waals surface area contributed by atoms with Gasteiger partial charge in [-0.2, -0.15) is 0 Å². The fraction of sp³-hybridized carbons (Fsp3) is 0.533. The molecule has 126 valence electrons. The molecule has 1 saturated carbocycles. The van der Waals surface area contributed by atoms with E-state index in [9.17, 15) is 8.42 Å². The first-order valence-electron chi connectivity index (χ1n) is 8.28. The minimum atomic E-state index is -3.07. The number of sulfonamides is 1. The Morgan fingerprint density at radius 2 is 2.12 bits per heavy atom. The summed E-state index contributed by atoms with van der Waals surface area (Å²) >= 11 is 0. The Kier molecular flexibility index (Phi) is 2.99. The average molecular weight is 346 g/mol. The molecule has 2 aliphatic rings. The number of aromatic amines is 1. The van der Waals surface area contributed by atoms with E-state index >= 15 is 0 Å². The molecule has 24 heavy (non-hydrogen) atoms. The monoisotopic (exact) mass is 346 g/mol. The van der Waals surface area contributed by atoms with Crippen molar-refractivity contribution in [3.8, 4) is 0 Å². The topological polar surface area (TPSA) is 96.2 Å². The first-order chi connectivity index (χ1) is 11.6. The number of H-pyrrole nitrogens is 1. The Morgan fingerprint density at radius 3 is 2.96 bits per heavy atom. The number of nitrogens with one attached hydrogen (secondary N) is 1. The molecule has 0 aromatic carbocycles. The summed E-state index contributed by atoms with van der Waals surface area (Å²) in [5.74, 6) is 1.15. The van der Waals surface area contributed by atoms with Gasteiger partial charge < -0.3 is 4.98 Å². The quantitative estimate of drug-likeness (QED) is 0.759. The molecule has 3 aromatic heterocycles. The van der Waals surface area contributed by atoms with Crippen LogP contribution in [0.15, 0.2) is 18.5 Å². The first kappa shape index (κ1) is 14.4. The van der Waals surface area contributed by atoms with Crippen molar-refractivity contribution in [3.05, 3.63) is 24.3 Å². The van der Waals surface area contributed by atoms with Crippen LogP contribution in [0.25, 0.3) is 16.8 Å². The molecule has 1 aliphatic carbocycles. The number of rotatable bonds is 4. The summed E-state index contributed by atoms with van der Waals surface area (Å²) < 4.78 is 28.4. The molecule has 4 heterocycles. The summed E-state index contributed by atoms with van der Waals surface area (Å²) in [7, 11) is -3.07. The van der Waals surface area contributed by atoms with E-state index in [0.29, 0.717) is 13.1 Å². The van der Waals surface area contributed by atoms with Crippen LogP contribution < -0.4 is 0 Å². The molecule has 9 heteroatoms. The van der Waals surface area contributed by atoms with Crippen LogP contribution in [0.3, 0.4) is 0 Å². The number of hydrogen-bond acceptors (Lipinski definition) is 5. The largest absolute Gasteiger partial charge is 0.345 e. The fourth-order valence-corrected chi connectivity index (χ4v) is 5.53. The van der Waals surface area contributed by atoms with Crippen LogP contribution in [-0.2, 0) is 16.4 Å². The standard InChI is InChI=1S/C15H18N6O2S/c22-24(23,11-1-2-11)20-6-4-10(9-20)7-13-18-19-14-8-17-15-12(21(13)14)3-5-16-15/h3,5,8,10-11,16H,1-2,4,6-7,9H2/t10-/m0/s1. The third-order valence-corrected chi connectivity index (χ3v) is 7.40. The van der Waals surface area contributed by atoms with E-state index < -0.39 is 10.0 Å². The molecule has 3 aromatic rings. The van der Waals surface area contributed by atoms with Gasteiger partial charge in [-0.25, -0.2) is 17.7 Å². The van der Waals surface area contributed by atoms with Crippen LogP contribution in [0.2, 0.25) is 0 Å². The van der Waals surface area contributed by atoms with E-state index in [1.165, 1.54) is 0 Å². The minimum absolute atomic E-state index is 0.129. The second kappa shape index (κ2) is 5.00. The van der Waals surface area contributed by atoms with Crippen molar-refractivity contribution in [2.75, 3.05) is 13.1 Å². The van der Waals surface area contributed by atoms with E-state index in [2.05, 4.69) is 20.2 Å². The highest BCUT2D eigenvalue weighted by molar-refractivity contribution is 7.90. The van der Waals surface area contributed by atoms with E-state index in [1.54, 1.807) is 10.5 Å². The maximum Gasteiger partial charge on any atom is 0.216 e. The van der Waals surface area contributed by atoms with Crippen molar-refractivity contribution in [3.63, 3.8) is 0 Å². The predicted molar refractivity (Wildman–Crippen MR) is 88.0 cm³/mol. The zero-order valence-electron chi connectivity index (χ0n) is 13.1. The number of hydrogen-bond donors (Lipinski definition) is 1. The van der Waals surface area contributed by atoms with Gasteiger partial charge in [0.1, 0.15) is 5.82 Å². The van der Waals surface area contributed by atoms with Gasteiger partial charge in [0.15, 0.2) is 11.3 Å². The number of nitrogens with zero attached hydrogens (tertiary/aromatic N) is 5. The molecule has 1 aliphatic heterocycles. The van der Waals surface area contributed by atoms with Crippen molar-refractivity contribution in [2.24, 2.45) is 5.92 Å². The summed E-state index contributed by atoms with van der Waals surface area (Å²) in [6, 6.07) is 1.96. The molecule has 0 unspecified atom stereocenters. The van der Waals surface area contributed by atoms with Gasteiger partial charge in [0.05, 0.1) is 17.0 Å². The highest BCUT2D eigenvalue weighted by Crippen LogP contribution is 2.34. The maximum absolute atomic E-state index is 12.4.